The van der Waals surface area contributed by atoms with E-state index in [2.05, 4.69) is 4.98 Å². The molecule has 82 valence electrons. The molecule has 0 atom stereocenters. The van der Waals surface area contributed by atoms with E-state index in [1.54, 1.807) is 6.20 Å². The van der Waals surface area contributed by atoms with Gasteiger partial charge in [-0.05, 0) is 26.0 Å². The molecule has 4 heteroatoms. The highest BCUT2D eigenvalue weighted by atomic mass is 16.7. The van der Waals surface area contributed by atoms with Crippen LogP contribution < -0.4 is 5.73 Å². The van der Waals surface area contributed by atoms with Gasteiger partial charge in [0.15, 0.2) is 5.79 Å². The number of nitrogens with zero attached hydrogens (tertiary/aromatic N) is 1. The predicted molar refractivity (Wildman–Crippen MR) is 56.1 cm³/mol. The number of nitrogens with two attached hydrogens (primary N) is 1. The predicted octanol–water partition coefficient (Wildman–Crippen LogP) is 1.02. The van der Waals surface area contributed by atoms with Gasteiger partial charge in [-0.3, -0.25) is 4.98 Å². The topological polar surface area (TPSA) is 57.4 Å². The molecule has 0 saturated carbocycles. The Bertz CT molecular complexity index is 328. The van der Waals surface area contributed by atoms with Crippen LogP contribution in [0.15, 0.2) is 24.4 Å². The Morgan fingerprint density at radius 2 is 1.93 bits per heavy atom. The monoisotopic (exact) mass is 208 g/mol. The van der Waals surface area contributed by atoms with Gasteiger partial charge in [0.1, 0.15) is 5.54 Å². The molecule has 1 aliphatic heterocycles. The van der Waals surface area contributed by atoms with E-state index in [9.17, 15) is 0 Å². The lowest BCUT2D eigenvalue weighted by Crippen LogP contribution is -2.55. The van der Waals surface area contributed by atoms with Crippen LogP contribution >= 0.6 is 0 Å². The summed E-state index contributed by atoms with van der Waals surface area (Å²) in [6.07, 6.45) is 1.73. The van der Waals surface area contributed by atoms with Gasteiger partial charge in [-0.1, -0.05) is 6.07 Å². The van der Waals surface area contributed by atoms with Crippen LogP contribution in [0.25, 0.3) is 0 Å². The second-order valence-corrected chi connectivity index (χ2v) is 4.35. The maximum atomic E-state index is 6.19. The lowest BCUT2D eigenvalue weighted by molar-refractivity contribution is -0.269. The van der Waals surface area contributed by atoms with Crippen LogP contribution in [0, 0.1) is 0 Å². The van der Waals surface area contributed by atoms with Crippen molar-refractivity contribution in [1.82, 2.24) is 4.98 Å². The average Bonchev–Trinajstić information content (AvgIpc) is 2.24. The van der Waals surface area contributed by atoms with Crippen molar-refractivity contribution in [3.63, 3.8) is 0 Å². The highest BCUT2D eigenvalue weighted by Gasteiger charge is 2.39. The Kier molecular flexibility index (Phi) is 2.50. The van der Waals surface area contributed by atoms with Crippen LogP contribution in [0.3, 0.4) is 0 Å². The van der Waals surface area contributed by atoms with Crippen molar-refractivity contribution in [2.45, 2.75) is 25.2 Å². The molecule has 15 heavy (non-hydrogen) atoms. The van der Waals surface area contributed by atoms with Crippen molar-refractivity contribution in [1.29, 1.82) is 0 Å². The zero-order chi connectivity index (χ0) is 10.9. The van der Waals surface area contributed by atoms with Gasteiger partial charge >= 0.3 is 0 Å². The maximum Gasteiger partial charge on any atom is 0.162 e. The van der Waals surface area contributed by atoms with E-state index >= 15 is 0 Å². The highest BCUT2D eigenvalue weighted by molar-refractivity contribution is 5.16. The zero-order valence-electron chi connectivity index (χ0n) is 9.06. The summed E-state index contributed by atoms with van der Waals surface area (Å²) in [6.45, 7) is 4.62. The molecule has 2 heterocycles. The molecule has 1 saturated heterocycles. The Balaban J connectivity index is 2.17. The third kappa shape index (κ3) is 2.17. The lowest BCUT2D eigenvalue weighted by Gasteiger charge is -2.40. The third-order valence-electron chi connectivity index (χ3n) is 2.53. The molecule has 0 radical (unpaired) electrons. The summed E-state index contributed by atoms with van der Waals surface area (Å²) < 4.78 is 11.1. The van der Waals surface area contributed by atoms with E-state index in [0.717, 1.165) is 5.69 Å². The summed E-state index contributed by atoms with van der Waals surface area (Å²) in [6, 6.07) is 5.67. The van der Waals surface area contributed by atoms with E-state index < -0.39 is 11.3 Å². The maximum absolute atomic E-state index is 6.19. The Labute approximate surface area is 89.4 Å². The standard InChI is InChI=1S/C11H16N2O2/c1-10(2)14-7-11(12,8-15-10)9-5-3-4-6-13-9/h3-6H,7-8,12H2,1-2H3. The normalized spacial score (nSPS) is 23.7. The van der Waals surface area contributed by atoms with Gasteiger partial charge in [-0.25, -0.2) is 0 Å². The first-order chi connectivity index (χ1) is 7.02. The van der Waals surface area contributed by atoms with Crippen molar-refractivity contribution < 1.29 is 9.47 Å². The van der Waals surface area contributed by atoms with E-state index in [-0.39, 0.29) is 0 Å². The van der Waals surface area contributed by atoms with Gasteiger partial charge < -0.3 is 15.2 Å². The first-order valence-corrected chi connectivity index (χ1v) is 5.00. The fourth-order valence-electron chi connectivity index (χ4n) is 1.49. The smallest absolute Gasteiger partial charge is 0.162 e. The number of ether oxygens (including phenoxy) is 2. The average molecular weight is 208 g/mol. The fourth-order valence-corrected chi connectivity index (χ4v) is 1.49. The van der Waals surface area contributed by atoms with E-state index in [4.69, 9.17) is 15.2 Å². The molecule has 1 fully saturated rings. The quantitative estimate of drug-likeness (QED) is 0.748. The molecule has 0 amide bonds. The van der Waals surface area contributed by atoms with Crippen molar-refractivity contribution >= 4 is 0 Å². The van der Waals surface area contributed by atoms with Gasteiger partial charge in [0, 0.05) is 6.20 Å². The van der Waals surface area contributed by atoms with Gasteiger partial charge in [0.05, 0.1) is 18.9 Å². The fraction of sp³-hybridized carbons (Fsp3) is 0.545. The summed E-state index contributed by atoms with van der Waals surface area (Å²) in [5, 5.41) is 0. The second kappa shape index (κ2) is 3.56. The largest absolute Gasteiger partial charge is 0.348 e. The van der Waals surface area contributed by atoms with Crippen LogP contribution in [0.2, 0.25) is 0 Å². The molecule has 2 N–H and O–H groups in total. The summed E-state index contributed by atoms with van der Waals surface area (Å²) in [4.78, 5) is 4.24. The molecule has 0 unspecified atom stereocenters. The molecular formula is C11H16N2O2. The zero-order valence-corrected chi connectivity index (χ0v) is 9.06. The van der Waals surface area contributed by atoms with Gasteiger partial charge in [0.2, 0.25) is 0 Å². The first-order valence-electron chi connectivity index (χ1n) is 5.00. The van der Waals surface area contributed by atoms with E-state index in [0.29, 0.717) is 13.2 Å². The van der Waals surface area contributed by atoms with Crippen molar-refractivity contribution in [2.75, 3.05) is 13.2 Å². The summed E-state index contributed by atoms with van der Waals surface area (Å²) in [5.41, 5.74) is 6.37. The molecular weight excluding hydrogens is 192 g/mol. The number of pyridine rings is 1. The number of rotatable bonds is 1. The number of hydrogen-bond acceptors (Lipinski definition) is 4. The van der Waals surface area contributed by atoms with Crippen molar-refractivity contribution in [2.24, 2.45) is 5.73 Å². The summed E-state index contributed by atoms with van der Waals surface area (Å²) in [7, 11) is 0. The molecule has 0 aliphatic carbocycles. The molecule has 1 aliphatic rings. The molecule has 0 spiro atoms. The minimum atomic E-state index is -0.628. The Morgan fingerprint density at radius 3 is 2.47 bits per heavy atom. The Morgan fingerprint density at radius 1 is 1.27 bits per heavy atom. The minimum Gasteiger partial charge on any atom is -0.348 e. The second-order valence-electron chi connectivity index (χ2n) is 4.35. The summed E-state index contributed by atoms with van der Waals surface area (Å²) >= 11 is 0. The van der Waals surface area contributed by atoms with Crippen LogP contribution in [-0.4, -0.2) is 24.0 Å². The minimum absolute atomic E-state index is 0.428. The van der Waals surface area contributed by atoms with Crippen LogP contribution in [0.5, 0.6) is 0 Å². The number of hydrogen-bond donors (Lipinski definition) is 1. The van der Waals surface area contributed by atoms with Gasteiger partial charge in [0.25, 0.3) is 0 Å². The molecule has 2 rings (SSSR count). The van der Waals surface area contributed by atoms with Gasteiger partial charge in [-0.2, -0.15) is 0 Å². The van der Waals surface area contributed by atoms with E-state index in [1.807, 2.05) is 32.0 Å². The van der Waals surface area contributed by atoms with Crippen molar-refractivity contribution in [3.8, 4) is 0 Å². The molecule has 1 aromatic heterocycles. The van der Waals surface area contributed by atoms with Crippen LogP contribution in [-0.2, 0) is 15.0 Å². The summed E-state index contributed by atoms with van der Waals surface area (Å²) in [5.74, 6) is -0.544. The van der Waals surface area contributed by atoms with E-state index in [1.165, 1.54) is 0 Å². The third-order valence-corrected chi connectivity index (χ3v) is 2.53. The molecule has 0 aromatic carbocycles. The molecule has 4 nitrogen and oxygen atoms in total. The first kappa shape index (κ1) is 10.5. The highest BCUT2D eigenvalue weighted by Crippen LogP contribution is 2.27. The van der Waals surface area contributed by atoms with Crippen molar-refractivity contribution in [3.05, 3.63) is 30.1 Å². The van der Waals surface area contributed by atoms with Crippen LogP contribution in [0.4, 0.5) is 0 Å². The Hall–Kier alpha value is -0.970. The lowest BCUT2D eigenvalue weighted by atomic mass is 9.96. The van der Waals surface area contributed by atoms with Gasteiger partial charge in [-0.15, -0.1) is 0 Å². The number of aromatic nitrogens is 1. The molecule has 1 aromatic rings. The van der Waals surface area contributed by atoms with Crippen LogP contribution in [0.1, 0.15) is 19.5 Å². The SMILES string of the molecule is CC1(C)OCC(N)(c2ccccn2)CO1. The molecule has 0 bridgehead atoms.